The fourth-order valence-corrected chi connectivity index (χ4v) is 3.10. The summed E-state index contributed by atoms with van der Waals surface area (Å²) in [5, 5.41) is 4.89. The number of anilines is 1. The van der Waals surface area contributed by atoms with Crippen molar-refractivity contribution in [1.82, 2.24) is 0 Å². The Morgan fingerprint density at radius 2 is 1.43 bits per heavy atom. The number of hydrogen-bond donors (Lipinski definition) is 1. The molecule has 0 aliphatic rings. The van der Waals surface area contributed by atoms with Crippen LogP contribution >= 0.6 is 31.9 Å². The zero-order chi connectivity index (χ0) is 14.8. The number of fused-ring (bicyclic) bond motifs is 1. The Kier molecular flexibility index (Phi) is 4.08. The molecule has 0 heterocycles. The zero-order valence-corrected chi connectivity index (χ0v) is 14.1. The van der Waals surface area contributed by atoms with Gasteiger partial charge in [-0.3, -0.25) is 4.79 Å². The smallest absolute Gasteiger partial charge is 0.256 e. The van der Waals surface area contributed by atoms with E-state index in [1.165, 1.54) is 0 Å². The van der Waals surface area contributed by atoms with Crippen LogP contribution in [0.15, 0.2) is 69.6 Å². The lowest BCUT2D eigenvalue weighted by atomic mass is 10.0. The molecule has 0 fully saturated rings. The second kappa shape index (κ2) is 6.00. The van der Waals surface area contributed by atoms with Crippen LogP contribution in [0.2, 0.25) is 0 Å². The molecule has 2 nitrogen and oxygen atoms in total. The molecule has 1 amide bonds. The van der Waals surface area contributed by atoms with Crippen molar-refractivity contribution in [3.05, 3.63) is 75.2 Å². The van der Waals surface area contributed by atoms with Gasteiger partial charge >= 0.3 is 0 Å². The third-order valence-corrected chi connectivity index (χ3v) is 4.62. The molecule has 104 valence electrons. The van der Waals surface area contributed by atoms with Gasteiger partial charge in [-0.05, 0) is 51.0 Å². The van der Waals surface area contributed by atoms with Crippen LogP contribution in [0.4, 0.5) is 5.69 Å². The predicted octanol–water partition coefficient (Wildman–Crippen LogP) is 5.62. The number of carbonyl (C=O) groups excluding carboxylic acids is 1. The van der Waals surface area contributed by atoms with Crippen LogP contribution in [0.1, 0.15) is 10.4 Å². The molecule has 0 unspecified atom stereocenters. The Morgan fingerprint density at radius 1 is 0.762 bits per heavy atom. The van der Waals surface area contributed by atoms with Crippen LogP contribution in [0.5, 0.6) is 0 Å². The van der Waals surface area contributed by atoms with E-state index in [-0.39, 0.29) is 5.91 Å². The fourth-order valence-electron chi connectivity index (χ4n) is 2.22. The van der Waals surface area contributed by atoms with E-state index in [4.69, 9.17) is 0 Å². The van der Waals surface area contributed by atoms with E-state index in [0.717, 1.165) is 25.4 Å². The summed E-state index contributed by atoms with van der Waals surface area (Å²) in [6.07, 6.45) is 0. The highest BCUT2D eigenvalue weighted by Gasteiger charge is 2.12. The van der Waals surface area contributed by atoms with Crippen molar-refractivity contribution >= 4 is 54.2 Å². The molecule has 4 heteroatoms. The SMILES string of the molecule is O=C(Nc1ccccc1Br)c1cccc2c(Br)cccc12. The van der Waals surface area contributed by atoms with Crippen LogP contribution in [-0.4, -0.2) is 5.91 Å². The number of para-hydroxylation sites is 1. The van der Waals surface area contributed by atoms with Gasteiger partial charge in [0.2, 0.25) is 0 Å². The fraction of sp³-hybridized carbons (Fsp3) is 0. The highest BCUT2D eigenvalue weighted by molar-refractivity contribution is 9.11. The summed E-state index contributed by atoms with van der Waals surface area (Å²) in [6, 6.07) is 19.1. The minimum atomic E-state index is -0.120. The number of carbonyl (C=O) groups is 1. The first-order valence-electron chi connectivity index (χ1n) is 6.40. The number of nitrogens with one attached hydrogen (secondary N) is 1. The lowest BCUT2D eigenvalue weighted by Crippen LogP contribution is -2.12. The number of amides is 1. The first kappa shape index (κ1) is 14.3. The normalized spacial score (nSPS) is 10.6. The number of benzene rings is 3. The maximum absolute atomic E-state index is 12.5. The van der Waals surface area contributed by atoms with Gasteiger partial charge < -0.3 is 5.32 Å². The molecule has 3 rings (SSSR count). The van der Waals surface area contributed by atoms with Crippen LogP contribution in [-0.2, 0) is 0 Å². The van der Waals surface area contributed by atoms with E-state index in [9.17, 15) is 4.79 Å². The van der Waals surface area contributed by atoms with Crippen LogP contribution in [0, 0.1) is 0 Å². The van der Waals surface area contributed by atoms with E-state index in [1.54, 1.807) is 0 Å². The largest absolute Gasteiger partial charge is 0.321 e. The number of hydrogen-bond acceptors (Lipinski definition) is 1. The van der Waals surface area contributed by atoms with Gasteiger partial charge in [0.1, 0.15) is 0 Å². The van der Waals surface area contributed by atoms with Crippen molar-refractivity contribution in [2.75, 3.05) is 5.32 Å². The predicted molar refractivity (Wildman–Crippen MR) is 93.7 cm³/mol. The lowest BCUT2D eigenvalue weighted by molar-refractivity contribution is 0.102. The molecule has 0 saturated carbocycles. The van der Waals surface area contributed by atoms with E-state index in [1.807, 2.05) is 60.7 Å². The average molecular weight is 405 g/mol. The number of halogens is 2. The van der Waals surface area contributed by atoms with Crippen molar-refractivity contribution in [2.45, 2.75) is 0 Å². The van der Waals surface area contributed by atoms with Crippen molar-refractivity contribution in [2.24, 2.45) is 0 Å². The van der Waals surface area contributed by atoms with Gasteiger partial charge in [-0.2, -0.15) is 0 Å². The van der Waals surface area contributed by atoms with Gasteiger partial charge in [0, 0.05) is 14.5 Å². The second-order valence-corrected chi connectivity index (χ2v) is 6.28. The monoisotopic (exact) mass is 403 g/mol. The van der Waals surface area contributed by atoms with E-state index < -0.39 is 0 Å². The molecule has 0 saturated heterocycles. The van der Waals surface area contributed by atoms with E-state index in [2.05, 4.69) is 37.2 Å². The first-order valence-corrected chi connectivity index (χ1v) is 7.98. The molecule has 0 aliphatic carbocycles. The van der Waals surface area contributed by atoms with Crippen molar-refractivity contribution in [1.29, 1.82) is 0 Å². The van der Waals surface area contributed by atoms with E-state index >= 15 is 0 Å². The molecule has 0 spiro atoms. The molecule has 3 aromatic carbocycles. The highest BCUT2D eigenvalue weighted by atomic mass is 79.9. The summed E-state index contributed by atoms with van der Waals surface area (Å²) >= 11 is 6.96. The first-order chi connectivity index (χ1) is 10.2. The van der Waals surface area contributed by atoms with Crippen LogP contribution in [0.3, 0.4) is 0 Å². The standard InChI is InChI=1S/C17H11Br2NO/c18-14-9-4-5-11-12(14)6-3-7-13(11)17(21)20-16-10-2-1-8-15(16)19/h1-10H,(H,20,21). The molecule has 0 atom stereocenters. The van der Waals surface area contributed by atoms with Gasteiger partial charge in [-0.1, -0.05) is 52.3 Å². The molecule has 1 N–H and O–H groups in total. The maximum Gasteiger partial charge on any atom is 0.256 e. The molecular formula is C17H11Br2NO. The molecule has 3 aromatic rings. The Morgan fingerprint density at radius 3 is 2.24 bits per heavy atom. The average Bonchev–Trinajstić information content (AvgIpc) is 2.49. The van der Waals surface area contributed by atoms with Gasteiger partial charge in [0.15, 0.2) is 0 Å². The Bertz CT molecular complexity index is 830. The summed E-state index contributed by atoms with van der Waals surface area (Å²) < 4.78 is 1.84. The maximum atomic E-state index is 12.5. The molecular weight excluding hydrogens is 394 g/mol. The van der Waals surface area contributed by atoms with Gasteiger partial charge in [0.05, 0.1) is 5.69 Å². The van der Waals surface area contributed by atoms with Crippen LogP contribution in [0.25, 0.3) is 10.8 Å². The van der Waals surface area contributed by atoms with Crippen molar-refractivity contribution < 1.29 is 4.79 Å². The van der Waals surface area contributed by atoms with Crippen molar-refractivity contribution in [3.63, 3.8) is 0 Å². The van der Waals surface area contributed by atoms with Crippen LogP contribution < -0.4 is 5.32 Å². The van der Waals surface area contributed by atoms with E-state index in [0.29, 0.717) is 5.56 Å². The Hall–Kier alpha value is -1.65. The molecule has 0 radical (unpaired) electrons. The summed E-state index contributed by atoms with van der Waals surface area (Å²) in [7, 11) is 0. The topological polar surface area (TPSA) is 29.1 Å². The van der Waals surface area contributed by atoms with Gasteiger partial charge in [0.25, 0.3) is 5.91 Å². The molecule has 0 aromatic heterocycles. The zero-order valence-electron chi connectivity index (χ0n) is 10.9. The lowest BCUT2D eigenvalue weighted by Gasteiger charge is -2.10. The minimum Gasteiger partial charge on any atom is -0.321 e. The van der Waals surface area contributed by atoms with Gasteiger partial charge in [-0.15, -0.1) is 0 Å². The Balaban J connectivity index is 2.03. The summed E-state index contributed by atoms with van der Waals surface area (Å²) in [5.41, 5.74) is 1.42. The summed E-state index contributed by atoms with van der Waals surface area (Å²) in [4.78, 5) is 12.5. The quantitative estimate of drug-likeness (QED) is 0.590. The Labute approximate surface area is 139 Å². The minimum absolute atomic E-state index is 0.120. The number of rotatable bonds is 2. The third-order valence-electron chi connectivity index (χ3n) is 3.24. The highest BCUT2D eigenvalue weighted by Crippen LogP contribution is 2.28. The molecule has 21 heavy (non-hydrogen) atoms. The third kappa shape index (κ3) is 2.87. The van der Waals surface area contributed by atoms with Crippen molar-refractivity contribution in [3.8, 4) is 0 Å². The second-order valence-electron chi connectivity index (χ2n) is 4.57. The summed E-state index contributed by atoms with van der Waals surface area (Å²) in [5.74, 6) is -0.120. The van der Waals surface area contributed by atoms with Gasteiger partial charge in [-0.25, -0.2) is 0 Å². The molecule has 0 aliphatic heterocycles. The molecule has 0 bridgehead atoms. The summed E-state index contributed by atoms with van der Waals surface area (Å²) in [6.45, 7) is 0.